The summed E-state index contributed by atoms with van der Waals surface area (Å²) in [7, 11) is 0. The minimum Gasteiger partial charge on any atom is -0.507 e. The fourth-order valence-electron chi connectivity index (χ4n) is 4.48. The highest BCUT2D eigenvalue weighted by Crippen LogP contribution is 2.42. The second-order valence-electron chi connectivity index (χ2n) is 10.1. The molecule has 0 spiro atoms. The first-order valence-corrected chi connectivity index (χ1v) is 11.7. The number of nitrogens with zero attached hydrogens (tertiary/aromatic N) is 2. The molecule has 0 saturated carbocycles. The minimum absolute atomic E-state index is 0.0287. The van der Waals surface area contributed by atoms with Crippen molar-refractivity contribution < 1.29 is 19.1 Å². The molecule has 36 heavy (non-hydrogen) atoms. The van der Waals surface area contributed by atoms with Gasteiger partial charge in [0.05, 0.1) is 22.6 Å². The van der Waals surface area contributed by atoms with E-state index in [1.807, 2.05) is 43.3 Å². The number of carbonyl (C=O) groups is 2. The lowest BCUT2D eigenvalue weighted by atomic mass is 9.85. The number of aliphatic hydroxyl groups is 1. The third kappa shape index (κ3) is 3.96. The van der Waals surface area contributed by atoms with Crippen molar-refractivity contribution in [3.05, 3.63) is 100 Å². The molecule has 1 aromatic heterocycles. The highest BCUT2D eigenvalue weighted by Gasteiger charge is 2.48. The van der Waals surface area contributed by atoms with Crippen LogP contribution in [0, 0.1) is 12.7 Å². The molecular weight excluding hydrogens is 457 g/mol. The molecule has 0 bridgehead atoms. The van der Waals surface area contributed by atoms with Crippen LogP contribution >= 0.6 is 0 Å². The van der Waals surface area contributed by atoms with E-state index in [1.165, 1.54) is 23.1 Å². The number of aryl methyl sites for hydroxylation is 1. The van der Waals surface area contributed by atoms with Crippen molar-refractivity contribution in [1.82, 2.24) is 9.97 Å². The molecule has 4 aromatic rings. The van der Waals surface area contributed by atoms with Gasteiger partial charge in [-0.15, -0.1) is 0 Å². The Bertz CT molecular complexity index is 1530. The van der Waals surface area contributed by atoms with Gasteiger partial charge in [-0.1, -0.05) is 74.9 Å². The number of nitrogens with one attached hydrogen (secondary N) is 1. The third-order valence-corrected chi connectivity index (χ3v) is 6.52. The summed E-state index contributed by atoms with van der Waals surface area (Å²) in [6.07, 6.45) is 0. The van der Waals surface area contributed by atoms with Crippen LogP contribution in [0.3, 0.4) is 0 Å². The number of hydrogen-bond acceptors (Lipinski definition) is 4. The molecule has 1 unspecified atom stereocenters. The fourth-order valence-corrected chi connectivity index (χ4v) is 4.48. The number of H-pyrrole nitrogens is 1. The van der Waals surface area contributed by atoms with E-state index in [-0.39, 0.29) is 22.7 Å². The van der Waals surface area contributed by atoms with Gasteiger partial charge in [0, 0.05) is 5.56 Å². The van der Waals surface area contributed by atoms with E-state index in [0.717, 1.165) is 11.1 Å². The largest absolute Gasteiger partial charge is 0.507 e. The van der Waals surface area contributed by atoms with Crippen LogP contribution in [0.5, 0.6) is 0 Å². The number of carbonyl (C=O) groups excluding carboxylic acids is 2. The van der Waals surface area contributed by atoms with Gasteiger partial charge < -0.3 is 10.1 Å². The molecule has 1 aliphatic rings. The van der Waals surface area contributed by atoms with Crippen LogP contribution in [0.2, 0.25) is 0 Å². The predicted octanol–water partition coefficient (Wildman–Crippen LogP) is 5.93. The molecule has 7 heteroatoms. The Morgan fingerprint density at radius 2 is 1.67 bits per heavy atom. The van der Waals surface area contributed by atoms with Crippen LogP contribution in [-0.4, -0.2) is 26.8 Å². The fraction of sp³-hybridized carbons (Fsp3) is 0.207. The number of aliphatic hydroxyl groups excluding tert-OH is 1. The van der Waals surface area contributed by atoms with Gasteiger partial charge in [0.1, 0.15) is 11.6 Å². The number of ketones is 1. The molecule has 3 aromatic carbocycles. The number of amides is 1. The lowest BCUT2D eigenvalue weighted by molar-refractivity contribution is -0.132. The number of Topliss-reactive ketones (excluding diaryl/α,β-unsaturated/α-hetero) is 1. The standard InChI is InChI=1S/C29H26FN3O3/c1-16-5-7-18(8-6-16)25(34)23-24(17-9-11-19(12-10-17)29(2,3)4)33(27(36)26(23)35)28-31-21-14-13-20(30)15-22(21)32-28/h5-15,24,34H,1-4H3,(H,31,32)/b25-23+. The van der Waals surface area contributed by atoms with Gasteiger partial charge >= 0.3 is 5.91 Å². The number of halogens is 1. The SMILES string of the molecule is Cc1ccc(/C(O)=C2\C(=O)C(=O)N(c3nc4ccc(F)cc4[nH]3)C2c2ccc(C(C)(C)C)cc2)cc1. The summed E-state index contributed by atoms with van der Waals surface area (Å²) in [6, 6.07) is 17.8. The summed E-state index contributed by atoms with van der Waals surface area (Å²) in [6.45, 7) is 8.21. The average molecular weight is 484 g/mol. The van der Waals surface area contributed by atoms with Crippen molar-refractivity contribution in [2.45, 2.75) is 39.2 Å². The molecule has 1 saturated heterocycles. The molecule has 0 aliphatic carbocycles. The highest BCUT2D eigenvalue weighted by atomic mass is 19.1. The first-order chi connectivity index (χ1) is 17.0. The molecule has 1 fully saturated rings. The number of hydrogen-bond donors (Lipinski definition) is 2. The van der Waals surface area contributed by atoms with E-state index >= 15 is 0 Å². The first-order valence-electron chi connectivity index (χ1n) is 11.7. The van der Waals surface area contributed by atoms with E-state index in [4.69, 9.17) is 0 Å². The van der Waals surface area contributed by atoms with E-state index in [1.54, 1.807) is 12.1 Å². The number of benzene rings is 3. The number of aromatic amines is 1. The number of rotatable bonds is 3. The molecule has 2 N–H and O–H groups in total. The van der Waals surface area contributed by atoms with Crippen LogP contribution in [0.15, 0.2) is 72.3 Å². The zero-order chi connectivity index (χ0) is 25.8. The number of fused-ring (bicyclic) bond motifs is 1. The van der Waals surface area contributed by atoms with E-state index in [0.29, 0.717) is 22.2 Å². The first kappa shape index (κ1) is 23.5. The summed E-state index contributed by atoms with van der Waals surface area (Å²) in [5.74, 6) is -2.25. The van der Waals surface area contributed by atoms with Gasteiger partial charge in [0.15, 0.2) is 0 Å². The van der Waals surface area contributed by atoms with Gasteiger partial charge in [-0.25, -0.2) is 9.37 Å². The van der Waals surface area contributed by atoms with Crippen molar-refractivity contribution in [1.29, 1.82) is 0 Å². The maximum Gasteiger partial charge on any atom is 0.302 e. The monoisotopic (exact) mass is 483 g/mol. The van der Waals surface area contributed by atoms with E-state index in [9.17, 15) is 19.1 Å². The van der Waals surface area contributed by atoms with Crippen molar-refractivity contribution in [2.24, 2.45) is 0 Å². The van der Waals surface area contributed by atoms with E-state index < -0.39 is 23.5 Å². The van der Waals surface area contributed by atoms with Crippen molar-refractivity contribution in [2.75, 3.05) is 4.90 Å². The van der Waals surface area contributed by atoms with Gasteiger partial charge in [-0.2, -0.15) is 0 Å². The molecule has 5 rings (SSSR count). The van der Waals surface area contributed by atoms with Crippen LogP contribution in [0.1, 0.15) is 49.1 Å². The lowest BCUT2D eigenvalue weighted by Gasteiger charge is -2.25. The second kappa shape index (κ2) is 8.45. The number of anilines is 1. The predicted molar refractivity (Wildman–Crippen MR) is 137 cm³/mol. The Morgan fingerprint density at radius 1 is 1.00 bits per heavy atom. The maximum atomic E-state index is 13.8. The highest BCUT2D eigenvalue weighted by molar-refractivity contribution is 6.51. The number of imidazole rings is 1. The van der Waals surface area contributed by atoms with E-state index in [2.05, 4.69) is 30.7 Å². The van der Waals surface area contributed by atoms with Crippen molar-refractivity contribution in [3.8, 4) is 0 Å². The summed E-state index contributed by atoms with van der Waals surface area (Å²) in [4.78, 5) is 35.4. The van der Waals surface area contributed by atoms with Crippen LogP contribution < -0.4 is 4.90 Å². The molecular formula is C29H26FN3O3. The second-order valence-corrected chi connectivity index (χ2v) is 10.1. The van der Waals surface area contributed by atoms with Crippen LogP contribution in [0.25, 0.3) is 16.8 Å². The normalized spacial score (nSPS) is 17.8. The Kier molecular flexibility index (Phi) is 5.51. The molecule has 182 valence electrons. The Hall–Kier alpha value is -4.26. The molecule has 0 radical (unpaired) electrons. The molecule has 2 heterocycles. The molecule has 1 atom stereocenters. The topological polar surface area (TPSA) is 86.3 Å². The van der Waals surface area contributed by atoms with Gasteiger partial charge in [0.25, 0.3) is 5.78 Å². The molecule has 1 aliphatic heterocycles. The van der Waals surface area contributed by atoms with Crippen molar-refractivity contribution >= 4 is 34.4 Å². The Labute approximate surface area is 208 Å². The summed E-state index contributed by atoms with van der Waals surface area (Å²) >= 11 is 0. The van der Waals surface area contributed by atoms with Gasteiger partial charge in [-0.05, 0) is 41.7 Å². The zero-order valence-electron chi connectivity index (χ0n) is 20.5. The maximum absolute atomic E-state index is 13.8. The summed E-state index contributed by atoms with van der Waals surface area (Å²) in [5, 5.41) is 11.3. The quantitative estimate of drug-likeness (QED) is 0.215. The van der Waals surface area contributed by atoms with Crippen LogP contribution in [-0.2, 0) is 15.0 Å². The molecule has 6 nitrogen and oxygen atoms in total. The third-order valence-electron chi connectivity index (χ3n) is 6.52. The average Bonchev–Trinajstić information content (AvgIpc) is 3.36. The zero-order valence-corrected chi connectivity index (χ0v) is 20.5. The van der Waals surface area contributed by atoms with Gasteiger partial charge in [0.2, 0.25) is 5.95 Å². The van der Waals surface area contributed by atoms with Gasteiger partial charge in [-0.3, -0.25) is 14.5 Å². The minimum atomic E-state index is -0.925. The Morgan fingerprint density at radius 3 is 2.31 bits per heavy atom. The Balaban J connectivity index is 1.71. The smallest absolute Gasteiger partial charge is 0.302 e. The van der Waals surface area contributed by atoms with Crippen molar-refractivity contribution in [3.63, 3.8) is 0 Å². The lowest BCUT2D eigenvalue weighted by Crippen LogP contribution is -2.30. The summed E-state index contributed by atoms with van der Waals surface area (Å²) in [5.41, 5.74) is 3.88. The number of aromatic nitrogens is 2. The summed E-state index contributed by atoms with van der Waals surface area (Å²) < 4.78 is 13.8. The molecule has 1 amide bonds. The van der Waals surface area contributed by atoms with Crippen LogP contribution in [0.4, 0.5) is 10.3 Å².